The zero-order valence-corrected chi connectivity index (χ0v) is 15.0. The van der Waals surface area contributed by atoms with E-state index in [1.807, 2.05) is 0 Å². The van der Waals surface area contributed by atoms with Gasteiger partial charge >= 0.3 is 6.03 Å². The Hall–Kier alpha value is -1.64. The maximum atomic E-state index is 12.0. The first kappa shape index (κ1) is 18.7. The van der Waals surface area contributed by atoms with E-state index in [9.17, 15) is 4.79 Å². The Morgan fingerprint density at radius 1 is 1.46 bits per heavy atom. The molecular weight excluding hydrogens is 310 g/mol. The highest BCUT2D eigenvalue weighted by Crippen LogP contribution is 2.13. The number of morpholine rings is 1. The molecule has 1 fully saturated rings. The summed E-state index contributed by atoms with van der Waals surface area (Å²) in [6, 6.07) is 0.0384. The fraction of sp³-hybridized carbons (Fsp3) is 0.750. The zero-order chi connectivity index (χ0) is 17.5. The van der Waals surface area contributed by atoms with Gasteiger partial charge in [0.05, 0.1) is 37.2 Å². The molecule has 2 N–H and O–H groups in total. The van der Waals surface area contributed by atoms with Crippen molar-refractivity contribution in [3.05, 3.63) is 12.4 Å². The lowest BCUT2D eigenvalue weighted by Crippen LogP contribution is -2.52. The minimum Gasteiger partial charge on any atom is -0.383 e. The molecule has 0 aliphatic carbocycles. The molecule has 0 bridgehead atoms. The molecule has 3 atom stereocenters. The summed E-state index contributed by atoms with van der Waals surface area (Å²) in [5.41, 5.74) is 0.671. The largest absolute Gasteiger partial charge is 0.383 e. The number of rotatable bonds is 7. The highest BCUT2D eigenvalue weighted by Gasteiger charge is 2.25. The first-order chi connectivity index (χ1) is 11.5. The van der Waals surface area contributed by atoms with Gasteiger partial charge in [0.1, 0.15) is 0 Å². The van der Waals surface area contributed by atoms with E-state index in [0.29, 0.717) is 25.4 Å². The average Bonchev–Trinajstić information content (AvgIpc) is 2.97. The van der Waals surface area contributed by atoms with Crippen LogP contribution in [0.15, 0.2) is 12.4 Å². The van der Waals surface area contributed by atoms with Crippen molar-refractivity contribution in [2.45, 2.75) is 45.6 Å². The van der Waals surface area contributed by atoms with E-state index in [1.54, 1.807) is 24.2 Å². The second-order valence-electron chi connectivity index (χ2n) is 6.38. The van der Waals surface area contributed by atoms with Crippen LogP contribution in [0.2, 0.25) is 0 Å². The molecule has 0 unspecified atom stereocenters. The summed E-state index contributed by atoms with van der Waals surface area (Å²) in [6.07, 6.45) is 3.86. The minimum absolute atomic E-state index is 0.220. The van der Waals surface area contributed by atoms with Crippen LogP contribution >= 0.6 is 0 Å². The van der Waals surface area contributed by atoms with Gasteiger partial charge < -0.3 is 20.1 Å². The molecule has 1 aromatic heterocycles. The first-order valence-corrected chi connectivity index (χ1v) is 8.43. The number of aromatic nitrogens is 2. The fourth-order valence-electron chi connectivity index (χ4n) is 2.86. The Bertz CT molecular complexity index is 512. The predicted octanol–water partition coefficient (Wildman–Crippen LogP) is 1.15. The van der Waals surface area contributed by atoms with E-state index in [4.69, 9.17) is 9.47 Å². The van der Waals surface area contributed by atoms with Crippen molar-refractivity contribution < 1.29 is 14.3 Å². The van der Waals surface area contributed by atoms with Crippen LogP contribution in [-0.2, 0) is 16.0 Å². The van der Waals surface area contributed by atoms with Crippen molar-refractivity contribution in [2.75, 3.05) is 38.7 Å². The molecule has 24 heavy (non-hydrogen) atoms. The van der Waals surface area contributed by atoms with Gasteiger partial charge in [-0.05, 0) is 20.8 Å². The molecular formula is C16H29N5O3. The summed E-state index contributed by atoms with van der Waals surface area (Å²) >= 11 is 0. The normalized spacial score (nSPS) is 23.0. The SMILES string of the molecule is COCCn1cc(NC(=O)NC[C@H](C)N2C[C@@H](C)O[C@H](C)C2)cn1. The fourth-order valence-corrected chi connectivity index (χ4v) is 2.86. The van der Waals surface area contributed by atoms with Crippen LogP contribution < -0.4 is 10.6 Å². The summed E-state index contributed by atoms with van der Waals surface area (Å²) in [4.78, 5) is 14.4. The molecule has 0 radical (unpaired) electrons. The van der Waals surface area contributed by atoms with Gasteiger partial charge in [-0.2, -0.15) is 5.10 Å². The van der Waals surface area contributed by atoms with Crippen LogP contribution in [0.5, 0.6) is 0 Å². The van der Waals surface area contributed by atoms with Gasteiger partial charge in [0, 0.05) is 39.0 Å². The predicted molar refractivity (Wildman–Crippen MR) is 92.2 cm³/mol. The van der Waals surface area contributed by atoms with Crippen LogP contribution in [0, 0.1) is 0 Å². The number of hydrogen-bond donors (Lipinski definition) is 2. The number of urea groups is 1. The molecule has 1 saturated heterocycles. The molecule has 2 amide bonds. The van der Waals surface area contributed by atoms with Crippen LogP contribution in [0.1, 0.15) is 20.8 Å². The molecule has 1 aliphatic heterocycles. The van der Waals surface area contributed by atoms with Crippen molar-refractivity contribution in [3.63, 3.8) is 0 Å². The van der Waals surface area contributed by atoms with E-state index < -0.39 is 0 Å². The highest BCUT2D eigenvalue weighted by atomic mass is 16.5. The Labute approximate surface area is 143 Å². The number of anilines is 1. The van der Waals surface area contributed by atoms with E-state index in [2.05, 4.69) is 41.4 Å². The first-order valence-electron chi connectivity index (χ1n) is 8.43. The number of methoxy groups -OCH3 is 1. The second-order valence-corrected chi connectivity index (χ2v) is 6.38. The molecule has 0 spiro atoms. The molecule has 0 saturated carbocycles. The third kappa shape index (κ3) is 5.77. The number of amides is 2. The molecule has 1 aromatic rings. The average molecular weight is 339 g/mol. The van der Waals surface area contributed by atoms with Gasteiger partial charge in [-0.15, -0.1) is 0 Å². The number of carbonyl (C=O) groups excluding carboxylic acids is 1. The minimum atomic E-state index is -0.220. The van der Waals surface area contributed by atoms with E-state index >= 15 is 0 Å². The van der Waals surface area contributed by atoms with Gasteiger partial charge in [0.15, 0.2) is 0 Å². The summed E-state index contributed by atoms with van der Waals surface area (Å²) in [7, 11) is 1.65. The van der Waals surface area contributed by atoms with E-state index in [1.165, 1.54) is 0 Å². The standard InChI is InChI=1S/C16H29N5O3/c1-12(20-9-13(2)24-14(3)10-20)7-17-16(22)19-15-8-18-21(11-15)5-6-23-4/h8,11-14H,5-7,9-10H2,1-4H3,(H2,17,19,22)/t12-,13+,14+/m0/s1. The van der Waals surface area contributed by atoms with Crippen molar-refractivity contribution >= 4 is 11.7 Å². The Kier molecular flexibility index (Phi) is 7.01. The van der Waals surface area contributed by atoms with Gasteiger partial charge in [0.25, 0.3) is 0 Å². The Balaban J connectivity index is 1.73. The van der Waals surface area contributed by atoms with Gasteiger partial charge in [-0.1, -0.05) is 0 Å². The monoisotopic (exact) mass is 339 g/mol. The van der Waals surface area contributed by atoms with Crippen molar-refractivity contribution in [1.29, 1.82) is 0 Å². The number of hydrogen-bond acceptors (Lipinski definition) is 5. The molecule has 8 heteroatoms. The molecule has 136 valence electrons. The molecule has 8 nitrogen and oxygen atoms in total. The maximum Gasteiger partial charge on any atom is 0.319 e. The lowest BCUT2D eigenvalue weighted by molar-refractivity contribution is -0.0777. The summed E-state index contributed by atoms with van der Waals surface area (Å²) in [6.45, 7) is 9.89. The smallest absolute Gasteiger partial charge is 0.319 e. The quantitative estimate of drug-likeness (QED) is 0.779. The lowest BCUT2D eigenvalue weighted by Gasteiger charge is -2.38. The zero-order valence-electron chi connectivity index (χ0n) is 15.0. The van der Waals surface area contributed by atoms with Crippen LogP contribution in [0.3, 0.4) is 0 Å². The van der Waals surface area contributed by atoms with Crippen molar-refractivity contribution in [1.82, 2.24) is 20.0 Å². The van der Waals surface area contributed by atoms with Crippen molar-refractivity contribution in [3.8, 4) is 0 Å². The van der Waals surface area contributed by atoms with Crippen LogP contribution in [0.4, 0.5) is 10.5 Å². The van der Waals surface area contributed by atoms with E-state index in [-0.39, 0.29) is 24.3 Å². The van der Waals surface area contributed by atoms with Gasteiger partial charge in [-0.25, -0.2) is 4.79 Å². The molecule has 2 rings (SSSR count). The lowest BCUT2D eigenvalue weighted by atomic mass is 10.2. The maximum absolute atomic E-state index is 12.0. The Morgan fingerprint density at radius 3 is 2.83 bits per heavy atom. The topological polar surface area (TPSA) is 80.7 Å². The third-order valence-electron chi connectivity index (χ3n) is 4.04. The van der Waals surface area contributed by atoms with Gasteiger partial charge in [-0.3, -0.25) is 9.58 Å². The van der Waals surface area contributed by atoms with E-state index in [0.717, 1.165) is 13.1 Å². The molecule has 1 aliphatic rings. The van der Waals surface area contributed by atoms with Crippen LogP contribution in [-0.4, -0.2) is 72.3 Å². The second kappa shape index (κ2) is 9.00. The van der Waals surface area contributed by atoms with Gasteiger partial charge in [0.2, 0.25) is 0 Å². The third-order valence-corrected chi connectivity index (χ3v) is 4.04. The summed E-state index contributed by atoms with van der Waals surface area (Å²) < 4.78 is 12.5. The number of nitrogens with zero attached hydrogens (tertiary/aromatic N) is 3. The number of ether oxygens (including phenoxy) is 2. The van der Waals surface area contributed by atoms with Crippen LogP contribution in [0.25, 0.3) is 0 Å². The number of carbonyl (C=O) groups is 1. The summed E-state index contributed by atoms with van der Waals surface area (Å²) in [5, 5.41) is 9.88. The van der Waals surface area contributed by atoms with Crippen molar-refractivity contribution in [2.24, 2.45) is 0 Å². The number of nitrogens with one attached hydrogen (secondary N) is 2. The molecule has 2 heterocycles. The highest BCUT2D eigenvalue weighted by molar-refractivity contribution is 5.88. The summed E-state index contributed by atoms with van der Waals surface area (Å²) in [5.74, 6) is 0. The Morgan fingerprint density at radius 2 is 2.17 bits per heavy atom. The molecule has 0 aromatic carbocycles.